The molecule has 0 amide bonds. The van der Waals surface area contributed by atoms with Gasteiger partial charge in [-0.25, -0.2) is 23.5 Å². The maximum absolute atomic E-state index is 11.4. The Kier molecular flexibility index (Phi) is 7.38. The van der Waals surface area contributed by atoms with E-state index in [4.69, 9.17) is 16.7 Å². The number of nitrogens with zero attached hydrogens (tertiary/aromatic N) is 2. The van der Waals surface area contributed by atoms with E-state index < -0.39 is 10.0 Å². The smallest absolute Gasteiger partial charge is 0.238 e. The van der Waals surface area contributed by atoms with E-state index in [2.05, 4.69) is 20.6 Å². The maximum atomic E-state index is 11.4. The summed E-state index contributed by atoms with van der Waals surface area (Å²) in [5, 5.41) is 12.0. The molecule has 0 aliphatic carbocycles. The lowest BCUT2D eigenvalue weighted by Crippen LogP contribution is -2.38. The zero-order chi connectivity index (χ0) is 19.0. The number of aromatic nitrogens is 1. The Hall–Kier alpha value is -2.16. The van der Waals surface area contributed by atoms with Crippen molar-refractivity contribution in [2.24, 2.45) is 10.1 Å². The van der Waals surface area contributed by atoms with Gasteiger partial charge in [-0.2, -0.15) is 0 Å². The van der Waals surface area contributed by atoms with Crippen LogP contribution in [0.5, 0.6) is 0 Å². The monoisotopic (exact) mass is 395 g/mol. The van der Waals surface area contributed by atoms with E-state index in [-0.39, 0.29) is 4.90 Å². The minimum atomic E-state index is -3.72. The first-order valence-corrected chi connectivity index (χ1v) is 10.1. The summed E-state index contributed by atoms with van der Waals surface area (Å²) in [5.74, 6) is 0.649. The molecule has 2 rings (SSSR count). The van der Waals surface area contributed by atoms with E-state index >= 15 is 0 Å². The zero-order valence-corrected chi connectivity index (χ0v) is 16.0. The Labute approximate surface area is 158 Å². The lowest BCUT2D eigenvalue weighted by Gasteiger charge is -2.11. The van der Waals surface area contributed by atoms with Gasteiger partial charge in [0, 0.05) is 19.3 Å². The highest BCUT2D eigenvalue weighted by molar-refractivity contribution is 7.89. The van der Waals surface area contributed by atoms with Crippen molar-refractivity contribution in [1.29, 1.82) is 0 Å². The van der Waals surface area contributed by atoms with Crippen LogP contribution in [0.4, 0.5) is 0 Å². The summed E-state index contributed by atoms with van der Waals surface area (Å²) < 4.78 is 22.9. The fourth-order valence-corrected chi connectivity index (χ4v) is 2.91. The molecule has 0 fully saturated rings. The van der Waals surface area contributed by atoms with Gasteiger partial charge in [-0.1, -0.05) is 29.8 Å². The van der Waals surface area contributed by atoms with E-state index in [1.54, 1.807) is 24.4 Å². The fourth-order valence-electron chi connectivity index (χ4n) is 2.21. The molecule has 0 saturated carbocycles. The number of benzene rings is 1. The van der Waals surface area contributed by atoms with Gasteiger partial charge in [0.05, 0.1) is 11.4 Å². The Morgan fingerprint density at radius 3 is 2.69 bits per heavy atom. The van der Waals surface area contributed by atoms with Gasteiger partial charge >= 0.3 is 0 Å². The molecule has 26 heavy (non-hydrogen) atoms. The van der Waals surface area contributed by atoms with Crippen molar-refractivity contribution in [3.63, 3.8) is 0 Å². The van der Waals surface area contributed by atoms with Crippen LogP contribution in [0, 0.1) is 0 Å². The van der Waals surface area contributed by atoms with Crippen molar-refractivity contribution in [2.75, 3.05) is 13.1 Å². The van der Waals surface area contributed by atoms with Crippen LogP contribution in [0.3, 0.4) is 0 Å². The molecule has 2 aromatic rings. The van der Waals surface area contributed by atoms with E-state index in [0.29, 0.717) is 30.7 Å². The van der Waals surface area contributed by atoms with Crippen LogP contribution in [0.1, 0.15) is 18.1 Å². The van der Waals surface area contributed by atoms with Crippen molar-refractivity contribution in [3.8, 4) is 0 Å². The van der Waals surface area contributed by atoms with Crippen LogP contribution in [0.25, 0.3) is 0 Å². The molecule has 0 bridgehead atoms. The summed E-state index contributed by atoms with van der Waals surface area (Å²) in [6.07, 6.45) is 2.52. The van der Waals surface area contributed by atoms with Crippen molar-refractivity contribution >= 4 is 27.6 Å². The highest BCUT2D eigenvalue weighted by Gasteiger charge is 2.07. The van der Waals surface area contributed by atoms with Gasteiger partial charge in [-0.05, 0) is 42.7 Å². The fraction of sp³-hybridized carbons (Fsp3) is 0.294. The third-order valence-electron chi connectivity index (χ3n) is 3.49. The topological polar surface area (TPSA) is 109 Å². The minimum Gasteiger partial charge on any atom is -0.357 e. The molecule has 0 spiro atoms. The van der Waals surface area contributed by atoms with E-state index in [0.717, 1.165) is 17.5 Å². The molecule has 4 N–H and O–H groups in total. The number of guanidine groups is 1. The molecule has 0 saturated heterocycles. The number of sulfonamides is 1. The molecule has 140 valence electrons. The number of nitrogens with two attached hydrogens (primary N) is 1. The number of aliphatic imine (C=N–C) groups is 1. The van der Waals surface area contributed by atoms with Crippen LogP contribution < -0.4 is 15.8 Å². The molecule has 0 unspecified atom stereocenters. The number of nitrogens with one attached hydrogen (secondary N) is 2. The third kappa shape index (κ3) is 6.62. The van der Waals surface area contributed by atoms with Crippen LogP contribution in [-0.4, -0.2) is 32.5 Å². The summed E-state index contributed by atoms with van der Waals surface area (Å²) in [6.45, 7) is 3.70. The SMILES string of the molecule is CCNC(=NCc1cccc(S(N)(=O)=O)c1)NCCc1ccc(Cl)nc1. The van der Waals surface area contributed by atoms with E-state index in [9.17, 15) is 8.42 Å². The lowest BCUT2D eigenvalue weighted by atomic mass is 10.2. The van der Waals surface area contributed by atoms with E-state index in [1.165, 1.54) is 12.1 Å². The molecular weight excluding hydrogens is 374 g/mol. The first kappa shape index (κ1) is 20.2. The second-order valence-corrected chi connectivity index (χ2v) is 7.50. The third-order valence-corrected chi connectivity index (χ3v) is 4.62. The van der Waals surface area contributed by atoms with Crippen LogP contribution >= 0.6 is 11.6 Å². The molecule has 0 aliphatic heterocycles. The average molecular weight is 396 g/mol. The van der Waals surface area contributed by atoms with Crippen molar-refractivity contribution in [2.45, 2.75) is 24.8 Å². The Balaban J connectivity index is 1.96. The van der Waals surface area contributed by atoms with Crippen molar-refractivity contribution in [1.82, 2.24) is 15.6 Å². The highest BCUT2D eigenvalue weighted by atomic mass is 35.5. The second-order valence-electron chi connectivity index (χ2n) is 5.55. The molecule has 0 radical (unpaired) electrons. The Morgan fingerprint density at radius 1 is 1.23 bits per heavy atom. The first-order chi connectivity index (χ1) is 12.4. The summed E-state index contributed by atoms with van der Waals surface area (Å²) in [5.41, 5.74) is 1.83. The molecular formula is C17H22ClN5O2S. The first-order valence-electron chi connectivity index (χ1n) is 8.13. The highest BCUT2D eigenvalue weighted by Crippen LogP contribution is 2.10. The predicted molar refractivity (Wildman–Crippen MR) is 104 cm³/mol. The number of primary sulfonamides is 1. The number of hydrogen-bond acceptors (Lipinski definition) is 4. The summed E-state index contributed by atoms with van der Waals surface area (Å²) in [6, 6.07) is 10.1. The maximum Gasteiger partial charge on any atom is 0.238 e. The number of rotatable bonds is 7. The normalized spacial score (nSPS) is 12.0. The van der Waals surface area contributed by atoms with E-state index in [1.807, 2.05) is 13.0 Å². The Morgan fingerprint density at radius 2 is 2.04 bits per heavy atom. The van der Waals surface area contributed by atoms with Crippen LogP contribution in [0.2, 0.25) is 5.15 Å². The number of hydrogen-bond donors (Lipinski definition) is 3. The summed E-state index contributed by atoms with van der Waals surface area (Å²) >= 11 is 5.77. The molecule has 1 aromatic heterocycles. The summed E-state index contributed by atoms with van der Waals surface area (Å²) in [4.78, 5) is 8.61. The molecule has 1 aromatic carbocycles. The van der Waals surface area contributed by atoms with Crippen LogP contribution in [0.15, 0.2) is 52.5 Å². The second kappa shape index (κ2) is 9.51. The molecule has 0 aliphatic rings. The zero-order valence-electron chi connectivity index (χ0n) is 14.4. The lowest BCUT2D eigenvalue weighted by molar-refractivity contribution is 0.597. The standard InChI is InChI=1S/C17H22ClN5O2S/c1-2-20-17(21-9-8-13-6-7-16(18)22-11-13)23-12-14-4-3-5-15(10-14)26(19,24)25/h3-7,10-11H,2,8-9,12H2,1H3,(H2,19,24,25)(H2,20,21,23). The molecule has 0 atom stereocenters. The van der Waals surface area contributed by atoms with Gasteiger partial charge in [0.1, 0.15) is 5.15 Å². The van der Waals surface area contributed by atoms with Gasteiger partial charge in [-0.15, -0.1) is 0 Å². The van der Waals surface area contributed by atoms with Gasteiger partial charge in [0.25, 0.3) is 0 Å². The summed E-state index contributed by atoms with van der Waals surface area (Å²) in [7, 11) is -3.72. The van der Waals surface area contributed by atoms with Gasteiger partial charge in [-0.3, -0.25) is 0 Å². The largest absolute Gasteiger partial charge is 0.357 e. The molecule has 1 heterocycles. The van der Waals surface area contributed by atoms with Crippen molar-refractivity contribution in [3.05, 3.63) is 58.9 Å². The number of pyridine rings is 1. The van der Waals surface area contributed by atoms with Gasteiger partial charge < -0.3 is 10.6 Å². The predicted octanol–water partition coefficient (Wildman–Crippen LogP) is 1.68. The molecule has 7 nitrogen and oxygen atoms in total. The molecule has 9 heteroatoms. The Bertz CT molecular complexity index is 854. The van der Waals surface area contributed by atoms with Gasteiger partial charge in [0.15, 0.2) is 5.96 Å². The minimum absolute atomic E-state index is 0.0819. The van der Waals surface area contributed by atoms with Gasteiger partial charge in [0.2, 0.25) is 10.0 Å². The van der Waals surface area contributed by atoms with Crippen molar-refractivity contribution < 1.29 is 8.42 Å². The quantitative estimate of drug-likeness (QED) is 0.375. The number of halogens is 1. The van der Waals surface area contributed by atoms with Crippen LogP contribution in [-0.2, 0) is 23.0 Å². The average Bonchev–Trinajstić information content (AvgIpc) is 2.61.